The predicted molar refractivity (Wildman–Crippen MR) is 104 cm³/mol. The van der Waals surface area contributed by atoms with E-state index in [1.807, 2.05) is 6.07 Å². The van der Waals surface area contributed by atoms with Crippen molar-refractivity contribution in [1.82, 2.24) is 9.55 Å². The highest BCUT2D eigenvalue weighted by Gasteiger charge is 2.16. The third-order valence-corrected chi connectivity index (χ3v) is 4.33. The molecule has 0 unspecified atom stereocenters. The molecule has 0 saturated carbocycles. The van der Waals surface area contributed by atoms with Crippen LogP contribution in [0.5, 0.6) is 11.5 Å². The highest BCUT2D eigenvalue weighted by atomic mass is 16.5. The normalized spacial score (nSPS) is 10.2. The maximum absolute atomic E-state index is 12.8. The van der Waals surface area contributed by atoms with Gasteiger partial charge < -0.3 is 14.6 Å². The molecule has 0 aliphatic rings. The van der Waals surface area contributed by atoms with Crippen LogP contribution in [0.25, 0.3) is 11.3 Å². The molecule has 0 fully saturated rings. The Morgan fingerprint density at radius 3 is 2.59 bits per heavy atom. The molecule has 29 heavy (non-hydrogen) atoms. The van der Waals surface area contributed by atoms with E-state index in [0.717, 1.165) is 0 Å². The zero-order valence-electron chi connectivity index (χ0n) is 15.7. The first kappa shape index (κ1) is 19.6. The molecule has 1 heterocycles. The van der Waals surface area contributed by atoms with Crippen LogP contribution in [0, 0.1) is 11.3 Å². The lowest BCUT2D eigenvalue weighted by molar-refractivity contribution is 0.0696. The third kappa shape index (κ3) is 3.94. The van der Waals surface area contributed by atoms with Crippen LogP contribution in [0.4, 0.5) is 0 Å². The second kappa shape index (κ2) is 8.27. The van der Waals surface area contributed by atoms with Crippen LogP contribution in [-0.2, 0) is 6.54 Å². The SMILES string of the molecule is COc1ccc(-c2ncn(Cc3cccc(C(=O)O)c3)c(=O)c2C#N)cc1OC. The summed E-state index contributed by atoms with van der Waals surface area (Å²) in [5.41, 5.74) is 0.856. The number of methoxy groups -OCH3 is 2. The predicted octanol–water partition coefficient (Wildman–Crippen LogP) is 2.55. The number of carboxylic acids is 1. The van der Waals surface area contributed by atoms with Gasteiger partial charge in [-0.3, -0.25) is 9.36 Å². The van der Waals surface area contributed by atoms with Gasteiger partial charge in [-0.05, 0) is 35.9 Å². The van der Waals surface area contributed by atoms with Gasteiger partial charge in [0.15, 0.2) is 11.5 Å². The van der Waals surface area contributed by atoms with Crippen LogP contribution in [0.1, 0.15) is 21.5 Å². The second-order valence-corrected chi connectivity index (χ2v) is 6.09. The maximum Gasteiger partial charge on any atom is 0.335 e. The molecule has 0 saturated heterocycles. The van der Waals surface area contributed by atoms with E-state index in [0.29, 0.717) is 22.6 Å². The molecule has 0 radical (unpaired) electrons. The van der Waals surface area contributed by atoms with Gasteiger partial charge in [-0.25, -0.2) is 9.78 Å². The third-order valence-electron chi connectivity index (χ3n) is 4.33. The minimum absolute atomic E-state index is 0.0911. The molecular formula is C21H17N3O5. The van der Waals surface area contributed by atoms with Gasteiger partial charge in [0.2, 0.25) is 0 Å². The fourth-order valence-corrected chi connectivity index (χ4v) is 2.90. The van der Waals surface area contributed by atoms with E-state index in [4.69, 9.17) is 14.6 Å². The summed E-state index contributed by atoms with van der Waals surface area (Å²) in [5.74, 6) is -0.0920. The first-order valence-electron chi connectivity index (χ1n) is 8.52. The summed E-state index contributed by atoms with van der Waals surface area (Å²) in [7, 11) is 3.00. The van der Waals surface area contributed by atoms with Crippen molar-refractivity contribution in [2.75, 3.05) is 14.2 Å². The Hall–Kier alpha value is -4.12. The van der Waals surface area contributed by atoms with Crippen LogP contribution in [0.2, 0.25) is 0 Å². The minimum atomic E-state index is -1.06. The number of hydrogen-bond acceptors (Lipinski definition) is 6. The largest absolute Gasteiger partial charge is 0.493 e. The molecule has 2 aromatic carbocycles. The van der Waals surface area contributed by atoms with Crippen molar-refractivity contribution in [3.63, 3.8) is 0 Å². The Bertz CT molecular complexity index is 1180. The monoisotopic (exact) mass is 391 g/mol. The number of nitrogens with zero attached hydrogens (tertiary/aromatic N) is 3. The zero-order valence-corrected chi connectivity index (χ0v) is 15.7. The fourth-order valence-electron chi connectivity index (χ4n) is 2.90. The van der Waals surface area contributed by atoms with E-state index < -0.39 is 11.5 Å². The maximum atomic E-state index is 12.8. The van der Waals surface area contributed by atoms with Crippen LogP contribution in [-0.4, -0.2) is 34.8 Å². The summed E-state index contributed by atoms with van der Waals surface area (Å²) in [4.78, 5) is 28.2. The summed E-state index contributed by atoms with van der Waals surface area (Å²) < 4.78 is 11.7. The van der Waals surface area contributed by atoms with Crippen molar-refractivity contribution in [2.45, 2.75) is 6.54 Å². The summed E-state index contributed by atoms with van der Waals surface area (Å²) in [6, 6.07) is 13.2. The number of hydrogen-bond donors (Lipinski definition) is 1. The number of carboxylic acid groups (broad SMARTS) is 1. The van der Waals surface area contributed by atoms with E-state index in [2.05, 4.69) is 4.98 Å². The van der Waals surface area contributed by atoms with E-state index >= 15 is 0 Å². The smallest absolute Gasteiger partial charge is 0.335 e. The molecule has 3 aromatic rings. The Morgan fingerprint density at radius 2 is 1.93 bits per heavy atom. The number of nitriles is 1. The summed E-state index contributed by atoms with van der Waals surface area (Å²) in [5, 5.41) is 18.7. The molecule has 0 atom stereocenters. The number of ether oxygens (including phenoxy) is 2. The summed E-state index contributed by atoms with van der Waals surface area (Å²) in [6.07, 6.45) is 1.34. The van der Waals surface area contributed by atoms with E-state index in [9.17, 15) is 14.9 Å². The fraction of sp³-hybridized carbons (Fsp3) is 0.143. The lowest BCUT2D eigenvalue weighted by Crippen LogP contribution is -2.24. The molecule has 3 rings (SSSR count). The van der Waals surface area contributed by atoms with Gasteiger partial charge in [0.1, 0.15) is 11.6 Å². The number of rotatable bonds is 6. The van der Waals surface area contributed by atoms with Crippen LogP contribution < -0.4 is 15.0 Å². The molecule has 1 aromatic heterocycles. The van der Waals surface area contributed by atoms with Crippen molar-refractivity contribution in [3.8, 4) is 28.8 Å². The van der Waals surface area contributed by atoms with Crippen molar-refractivity contribution < 1.29 is 19.4 Å². The van der Waals surface area contributed by atoms with Crippen LogP contribution in [0.3, 0.4) is 0 Å². The van der Waals surface area contributed by atoms with E-state index in [1.165, 1.54) is 37.2 Å². The van der Waals surface area contributed by atoms with Gasteiger partial charge in [-0.15, -0.1) is 0 Å². The van der Waals surface area contributed by atoms with Gasteiger partial charge in [0.25, 0.3) is 5.56 Å². The van der Waals surface area contributed by atoms with Crippen molar-refractivity contribution >= 4 is 5.97 Å². The average Bonchev–Trinajstić information content (AvgIpc) is 2.74. The van der Waals surface area contributed by atoms with Crippen molar-refractivity contribution in [1.29, 1.82) is 5.26 Å². The van der Waals surface area contributed by atoms with Crippen LogP contribution >= 0.6 is 0 Å². The average molecular weight is 391 g/mol. The first-order chi connectivity index (χ1) is 14.0. The molecular weight excluding hydrogens is 374 g/mol. The zero-order chi connectivity index (χ0) is 21.0. The number of carbonyl (C=O) groups is 1. The van der Waals surface area contributed by atoms with Gasteiger partial charge in [0, 0.05) is 5.56 Å². The van der Waals surface area contributed by atoms with Crippen LogP contribution in [0.15, 0.2) is 53.6 Å². The Labute approximate surface area is 166 Å². The molecule has 1 N–H and O–H groups in total. The van der Waals surface area contributed by atoms with Gasteiger partial charge in [-0.1, -0.05) is 12.1 Å². The van der Waals surface area contributed by atoms with Crippen molar-refractivity contribution in [2.24, 2.45) is 0 Å². The van der Waals surface area contributed by atoms with E-state index in [1.54, 1.807) is 30.3 Å². The summed E-state index contributed by atoms with van der Waals surface area (Å²) in [6.45, 7) is 0.0911. The Balaban J connectivity index is 2.03. The summed E-state index contributed by atoms with van der Waals surface area (Å²) >= 11 is 0. The number of aromatic carboxylic acids is 1. The number of aromatic nitrogens is 2. The molecule has 0 aliphatic carbocycles. The standard InChI is InChI=1S/C21H17N3O5/c1-28-17-7-6-14(9-18(17)29-2)19-16(10-22)20(25)24(12-23-19)11-13-4-3-5-15(8-13)21(26)27/h3-9,12H,11H2,1-2H3,(H,26,27). The molecule has 146 valence electrons. The lowest BCUT2D eigenvalue weighted by atomic mass is 10.1. The molecule has 0 spiro atoms. The Morgan fingerprint density at radius 1 is 1.17 bits per heavy atom. The lowest BCUT2D eigenvalue weighted by Gasteiger charge is -2.12. The minimum Gasteiger partial charge on any atom is -0.493 e. The highest BCUT2D eigenvalue weighted by Crippen LogP contribution is 2.32. The van der Waals surface area contributed by atoms with Gasteiger partial charge in [0.05, 0.1) is 38.3 Å². The first-order valence-corrected chi connectivity index (χ1v) is 8.52. The van der Waals surface area contributed by atoms with Crippen molar-refractivity contribution in [3.05, 3.63) is 75.8 Å². The highest BCUT2D eigenvalue weighted by molar-refractivity contribution is 5.87. The molecule has 0 amide bonds. The van der Waals surface area contributed by atoms with Gasteiger partial charge >= 0.3 is 5.97 Å². The van der Waals surface area contributed by atoms with E-state index in [-0.39, 0.29) is 23.4 Å². The van der Waals surface area contributed by atoms with Gasteiger partial charge in [-0.2, -0.15) is 5.26 Å². The molecule has 8 heteroatoms. The quantitative estimate of drug-likeness (QED) is 0.687. The molecule has 8 nitrogen and oxygen atoms in total. The second-order valence-electron chi connectivity index (χ2n) is 6.09. The molecule has 0 aliphatic heterocycles. The molecule has 0 bridgehead atoms. The topological polar surface area (TPSA) is 114 Å². The Kier molecular flexibility index (Phi) is 5.60. The number of benzene rings is 2.